The first-order chi connectivity index (χ1) is 8.97. The Hall–Kier alpha value is -1.06. The average molecular weight is 266 g/mol. The van der Waals surface area contributed by atoms with Gasteiger partial charge in [0.15, 0.2) is 0 Å². The normalized spacial score (nSPS) is 32.6. The number of nitrogens with one attached hydrogen (secondary N) is 1. The Balaban J connectivity index is 2.01. The number of hydrogen-bond acceptors (Lipinski definition) is 2. The summed E-state index contributed by atoms with van der Waals surface area (Å²) in [4.78, 5) is 26.1. The van der Waals surface area contributed by atoms with Crippen molar-refractivity contribution in [2.45, 2.75) is 52.5 Å². The zero-order chi connectivity index (χ0) is 14.0. The van der Waals surface area contributed by atoms with Crippen molar-refractivity contribution < 1.29 is 9.59 Å². The van der Waals surface area contributed by atoms with Crippen molar-refractivity contribution in [2.75, 3.05) is 13.1 Å². The van der Waals surface area contributed by atoms with Gasteiger partial charge in [-0.25, -0.2) is 0 Å². The summed E-state index contributed by atoms with van der Waals surface area (Å²) in [5.41, 5.74) is 0. The quantitative estimate of drug-likeness (QED) is 0.846. The van der Waals surface area contributed by atoms with Gasteiger partial charge in [0.2, 0.25) is 11.8 Å². The zero-order valence-electron chi connectivity index (χ0n) is 12.3. The fourth-order valence-electron chi connectivity index (χ4n) is 3.29. The fraction of sp³-hybridized carbons (Fsp3) is 0.867. The Morgan fingerprint density at radius 1 is 1.32 bits per heavy atom. The summed E-state index contributed by atoms with van der Waals surface area (Å²) in [5.74, 6) is 1.68. The summed E-state index contributed by atoms with van der Waals surface area (Å²) in [6, 6.07) is -0.339. The van der Waals surface area contributed by atoms with Crippen molar-refractivity contribution in [2.24, 2.45) is 17.8 Å². The molecule has 0 bridgehead atoms. The van der Waals surface area contributed by atoms with Crippen LogP contribution in [0.15, 0.2) is 0 Å². The molecule has 0 spiro atoms. The minimum Gasteiger partial charge on any atom is -0.344 e. The van der Waals surface area contributed by atoms with Crippen molar-refractivity contribution in [1.82, 2.24) is 10.2 Å². The van der Waals surface area contributed by atoms with Crippen LogP contribution in [0.25, 0.3) is 0 Å². The second-order valence-corrected chi connectivity index (χ2v) is 6.61. The SMILES string of the molecule is CC1CCC(CN2CCC(=O)NC(C(C)C)C2=O)C1. The Morgan fingerprint density at radius 3 is 2.63 bits per heavy atom. The largest absolute Gasteiger partial charge is 0.344 e. The van der Waals surface area contributed by atoms with Gasteiger partial charge in [0, 0.05) is 19.5 Å². The summed E-state index contributed by atoms with van der Waals surface area (Å²) in [5, 5.41) is 2.86. The van der Waals surface area contributed by atoms with Gasteiger partial charge in [0.1, 0.15) is 6.04 Å². The molecule has 2 amide bonds. The van der Waals surface area contributed by atoms with Gasteiger partial charge in [-0.05, 0) is 30.6 Å². The number of nitrogens with zero attached hydrogens (tertiary/aromatic N) is 1. The molecule has 1 heterocycles. The highest BCUT2D eigenvalue weighted by Crippen LogP contribution is 2.31. The van der Waals surface area contributed by atoms with Crippen molar-refractivity contribution in [3.63, 3.8) is 0 Å². The molecule has 108 valence electrons. The first-order valence-corrected chi connectivity index (χ1v) is 7.55. The highest BCUT2D eigenvalue weighted by Gasteiger charge is 2.33. The minimum absolute atomic E-state index is 0.00865. The molecule has 4 nitrogen and oxygen atoms in total. The molecule has 3 atom stereocenters. The lowest BCUT2D eigenvalue weighted by atomic mass is 10.0. The van der Waals surface area contributed by atoms with Gasteiger partial charge in [-0.15, -0.1) is 0 Å². The lowest BCUT2D eigenvalue weighted by Gasteiger charge is -2.28. The van der Waals surface area contributed by atoms with E-state index in [0.717, 1.165) is 12.5 Å². The van der Waals surface area contributed by atoms with Gasteiger partial charge in [0.25, 0.3) is 0 Å². The molecule has 2 aliphatic rings. The maximum Gasteiger partial charge on any atom is 0.245 e. The third kappa shape index (κ3) is 3.48. The molecule has 0 aromatic rings. The van der Waals surface area contributed by atoms with Crippen LogP contribution in [0.5, 0.6) is 0 Å². The van der Waals surface area contributed by atoms with E-state index in [-0.39, 0.29) is 23.8 Å². The van der Waals surface area contributed by atoms with Gasteiger partial charge in [-0.2, -0.15) is 0 Å². The molecule has 0 aromatic carbocycles. The lowest BCUT2D eigenvalue weighted by Crippen LogP contribution is -2.48. The third-order valence-electron chi connectivity index (χ3n) is 4.45. The maximum atomic E-state index is 12.5. The van der Waals surface area contributed by atoms with Crippen LogP contribution in [0.4, 0.5) is 0 Å². The summed E-state index contributed by atoms with van der Waals surface area (Å²) in [7, 11) is 0. The average Bonchev–Trinajstić information content (AvgIpc) is 2.69. The molecule has 2 rings (SSSR count). The highest BCUT2D eigenvalue weighted by molar-refractivity contribution is 5.90. The second kappa shape index (κ2) is 5.93. The van der Waals surface area contributed by atoms with Gasteiger partial charge in [-0.1, -0.05) is 27.2 Å². The van der Waals surface area contributed by atoms with Crippen molar-refractivity contribution in [3.8, 4) is 0 Å². The highest BCUT2D eigenvalue weighted by atomic mass is 16.2. The van der Waals surface area contributed by atoms with Crippen LogP contribution in [-0.2, 0) is 9.59 Å². The summed E-state index contributed by atoms with van der Waals surface area (Å²) >= 11 is 0. The first kappa shape index (κ1) is 14.4. The Morgan fingerprint density at radius 2 is 2.05 bits per heavy atom. The van der Waals surface area contributed by atoms with Gasteiger partial charge in [0.05, 0.1) is 0 Å². The Labute approximate surface area is 115 Å². The molecule has 3 unspecified atom stereocenters. The van der Waals surface area contributed by atoms with E-state index in [2.05, 4.69) is 12.2 Å². The molecule has 0 aromatic heterocycles. The van der Waals surface area contributed by atoms with E-state index < -0.39 is 0 Å². The first-order valence-electron chi connectivity index (χ1n) is 7.55. The third-order valence-corrected chi connectivity index (χ3v) is 4.45. The standard InChI is InChI=1S/C15H26N2O2/c1-10(2)14-15(19)17(7-6-13(18)16-14)9-12-5-4-11(3)8-12/h10-12,14H,4-9H2,1-3H3,(H,16,18). The predicted molar refractivity (Wildman–Crippen MR) is 74.5 cm³/mol. The Bertz CT molecular complexity index is 354. The molecule has 1 saturated carbocycles. The van der Waals surface area contributed by atoms with Crippen LogP contribution in [0.3, 0.4) is 0 Å². The van der Waals surface area contributed by atoms with Gasteiger partial charge in [-0.3, -0.25) is 9.59 Å². The van der Waals surface area contributed by atoms with E-state index in [9.17, 15) is 9.59 Å². The van der Waals surface area contributed by atoms with Gasteiger partial charge < -0.3 is 10.2 Å². The molecular weight excluding hydrogens is 240 g/mol. The minimum atomic E-state index is -0.339. The van der Waals surface area contributed by atoms with E-state index in [1.165, 1.54) is 19.3 Å². The number of hydrogen-bond donors (Lipinski definition) is 1. The number of rotatable bonds is 3. The summed E-state index contributed by atoms with van der Waals surface area (Å²) in [6.07, 6.45) is 4.16. The molecule has 1 saturated heterocycles. The molecule has 2 fully saturated rings. The zero-order valence-corrected chi connectivity index (χ0v) is 12.3. The maximum absolute atomic E-state index is 12.5. The van der Waals surface area contributed by atoms with E-state index in [1.807, 2.05) is 18.7 Å². The predicted octanol–water partition coefficient (Wildman–Crippen LogP) is 1.80. The smallest absolute Gasteiger partial charge is 0.245 e. The number of carbonyl (C=O) groups excluding carboxylic acids is 2. The number of amides is 2. The van der Waals surface area contributed by atoms with E-state index in [0.29, 0.717) is 18.9 Å². The van der Waals surface area contributed by atoms with Crippen LogP contribution in [0.1, 0.15) is 46.5 Å². The van der Waals surface area contributed by atoms with Crippen molar-refractivity contribution in [1.29, 1.82) is 0 Å². The van der Waals surface area contributed by atoms with Gasteiger partial charge >= 0.3 is 0 Å². The van der Waals surface area contributed by atoms with Crippen LogP contribution in [0, 0.1) is 17.8 Å². The molecule has 19 heavy (non-hydrogen) atoms. The topological polar surface area (TPSA) is 49.4 Å². The molecule has 1 aliphatic carbocycles. The molecule has 1 aliphatic heterocycles. The van der Waals surface area contributed by atoms with E-state index in [1.54, 1.807) is 0 Å². The van der Waals surface area contributed by atoms with Crippen LogP contribution in [0.2, 0.25) is 0 Å². The van der Waals surface area contributed by atoms with Crippen LogP contribution >= 0.6 is 0 Å². The van der Waals surface area contributed by atoms with Crippen molar-refractivity contribution in [3.05, 3.63) is 0 Å². The molecule has 4 heteroatoms. The number of carbonyl (C=O) groups is 2. The summed E-state index contributed by atoms with van der Waals surface area (Å²) in [6.45, 7) is 7.68. The van der Waals surface area contributed by atoms with E-state index >= 15 is 0 Å². The fourth-order valence-corrected chi connectivity index (χ4v) is 3.29. The molecule has 1 N–H and O–H groups in total. The Kier molecular flexibility index (Phi) is 4.48. The van der Waals surface area contributed by atoms with Crippen LogP contribution in [-0.4, -0.2) is 35.8 Å². The van der Waals surface area contributed by atoms with Crippen molar-refractivity contribution >= 4 is 11.8 Å². The monoisotopic (exact) mass is 266 g/mol. The van der Waals surface area contributed by atoms with E-state index in [4.69, 9.17) is 0 Å². The van der Waals surface area contributed by atoms with Crippen LogP contribution < -0.4 is 5.32 Å². The summed E-state index contributed by atoms with van der Waals surface area (Å²) < 4.78 is 0. The molecule has 0 radical (unpaired) electrons. The molecular formula is C15H26N2O2. The lowest BCUT2D eigenvalue weighted by molar-refractivity contribution is -0.135. The second-order valence-electron chi connectivity index (χ2n) is 6.61.